The normalized spacial score (nSPS) is 14.6. The van der Waals surface area contributed by atoms with Crippen molar-refractivity contribution < 1.29 is 17.9 Å². The molecule has 0 saturated heterocycles. The molecule has 6 nitrogen and oxygen atoms in total. The molecule has 0 unspecified atom stereocenters. The fraction of sp³-hybridized carbons (Fsp3) is 0.350. The highest BCUT2D eigenvalue weighted by molar-refractivity contribution is 7.92. The lowest BCUT2D eigenvalue weighted by atomic mass is 10.2. The third-order valence-electron chi connectivity index (χ3n) is 4.55. The number of nitrogens with zero attached hydrogens (tertiary/aromatic N) is 1. The van der Waals surface area contributed by atoms with Gasteiger partial charge in [-0.1, -0.05) is 11.6 Å². The number of benzene rings is 2. The van der Waals surface area contributed by atoms with Crippen LogP contribution in [0.4, 0.5) is 11.4 Å². The van der Waals surface area contributed by atoms with Crippen LogP contribution in [0, 0.1) is 0 Å². The van der Waals surface area contributed by atoms with Gasteiger partial charge in [-0.15, -0.1) is 0 Å². The van der Waals surface area contributed by atoms with Crippen LogP contribution in [0.1, 0.15) is 25.7 Å². The van der Waals surface area contributed by atoms with E-state index < -0.39 is 15.9 Å². The van der Waals surface area contributed by atoms with Gasteiger partial charge in [0.25, 0.3) is 0 Å². The van der Waals surface area contributed by atoms with E-state index in [1.165, 1.54) is 12.8 Å². The zero-order chi connectivity index (χ0) is 20.1. The predicted molar refractivity (Wildman–Crippen MR) is 112 cm³/mol. The third kappa shape index (κ3) is 5.62. The lowest BCUT2D eigenvalue weighted by molar-refractivity contribution is -0.114. The van der Waals surface area contributed by atoms with E-state index in [-0.39, 0.29) is 12.6 Å². The van der Waals surface area contributed by atoms with Crippen LogP contribution in [-0.4, -0.2) is 33.2 Å². The average Bonchev–Trinajstić information content (AvgIpc) is 3.14. The molecule has 0 bridgehead atoms. The Morgan fingerprint density at radius 1 is 1.11 bits per heavy atom. The summed E-state index contributed by atoms with van der Waals surface area (Å²) in [6, 6.07) is 13.4. The maximum Gasteiger partial charge on any atom is 0.245 e. The number of ether oxygens (including phenoxy) is 1. The first-order valence-electron chi connectivity index (χ1n) is 9.11. The van der Waals surface area contributed by atoms with E-state index in [0.29, 0.717) is 16.4 Å². The van der Waals surface area contributed by atoms with Gasteiger partial charge in [0, 0.05) is 10.7 Å². The van der Waals surface area contributed by atoms with Crippen molar-refractivity contribution in [3.05, 3.63) is 53.6 Å². The van der Waals surface area contributed by atoms with Crippen LogP contribution in [0.2, 0.25) is 5.02 Å². The summed E-state index contributed by atoms with van der Waals surface area (Å²) in [5, 5.41) is 3.21. The van der Waals surface area contributed by atoms with Crippen LogP contribution in [0.5, 0.6) is 5.75 Å². The van der Waals surface area contributed by atoms with Crippen molar-refractivity contribution in [2.75, 3.05) is 22.4 Å². The van der Waals surface area contributed by atoms with Crippen LogP contribution in [-0.2, 0) is 14.8 Å². The number of carbonyl (C=O) groups excluding carboxylic acids is 1. The second kappa shape index (κ2) is 8.84. The molecule has 2 aromatic carbocycles. The summed E-state index contributed by atoms with van der Waals surface area (Å²) >= 11 is 5.85. The Morgan fingerprint density at radius 2 is 1.71 bits per heavy atom. The molecule has 0 heterocycles. The Bertz CT molecular complexity index is 908. The molecule has 1 aliphatic rings. The summed E-state index contributed by atoms with van der Waals surface area (Å²) < 4.78 is 31.2. The van der Waals surface area contributed by atoms with Crippen LogP contribution in [0.3, 0.4) is 0 Å². The van der Waals surface area contributed by atoms with Crippen LogP contribution < -0.4 is 14.4 Å². The lowest BCUT2D eigenvalue weighted by Gasteiger charge is -2.22. The summed E-state index contributed by atoms with van der Waals surface area (Å²) in [5.41, 5.74) is 0.954. The summed E-state index contributed by atoms with van der Waals surface area (Å²) in [6.45, 7) is -0.333. The molecule has 1 saturated carbocycles. The minimum atomic E-state index is -3.63. The Labute approximate surface area is 170 Å². The average molecular weight is 423 g/mol. The molecule has 2 aromatic rings. The number of hydrogen-bond acceptors (Lipinski definition) is 4. The molecule has 0 radical (unpaired) electrons. The number of anilines is 2. The van der Waals surface area contributed by atoms with E-state index in [1.54, 1.807) is 36.4 Å². The van der Waals surface area contributed by atoms with E-state index in [2.05, 4.69) is 5.32 Å². The van der Waals surface area contributed by atoms with Gasteiger partial charge in [-0.2, -0.15) is 0 Å². The van der Waals surface area contributed by atoms with E-state index >= 15 is 0 Å². The maximum atomic E-state index is 12.4. The first-order valence-corrected chi connectivity index (χ1v) is 11.3. The number of carbonyl (C=O) groups is 1. The van der Waals surface area contributed by atoms with Gasteiger partial charge in [-0.3, -0.25) is 9.10 Å². The molecule has 28 heavy (non-hydrogen) atoms. The predicted octanol–water partition coefficient (Wildman–Crippen LogP) is 4.07. The number of rotatable bonds is 7. The highest BCUT2D eigenvalue weighted by Gasteiger charge is 2.21. The monoisotopic (exact) mass is 422 g/mol. The van der Waals surface area contributed by atoms with Crippen molar-refractivity contribution in [1.82, 2.24) is 0 Å². The van der Waals surface area contributed by atoms with Crippen molar-refractivity contribution in [2.45, 2.75) is 31.8 Å². The van der Waals surface area contributed by atoms with Crippen LogP contribution in [0.15, 0.2) is 48.5 Å². The van der Waals surface area contributed by atoms with Gasteiger partial charge in [0.1, 0.15) is 12.3 Å². The van der Waals surface area contributed by atoms with Gasteiger partial charge < -0.3 is 10.1 Å². The standard InChI is InChI=1S/C20H23ClN2O4S/c1-28(25,26)23(17-10-6-15(21)7-11-17)14-20(24)22-16-8-12-19(13-9-16)27-18-4-2-3-5-18/h6-13,18H,2-5,14H2,1H3,(H,22,24). The molecule has 0 aliphatic heterocycles. The molecular formula is C20H23ClN2O4S. The molecule has 1 aliphatic carbocycles. The minimum absolute atomic E-state index is 0.267. The van der Waals surface area contributed by atoms with Crippen molar-refractivity contribution in [3.63, 3.8) is 0 Å². The SMILES string of the molecule is CS(=O)(=O)N(CC(=O)Nc1ccc(OC2CCCC2)cc1)c1ccc(Cl)cc1. The van der Waals surface area contributed by atoms with Crippen molar-refractivity contribution in [3.8, 4) is 5.75 Å². The van der Waals surface area contributed by atoms with E-state index in [1.807, 2.05) is 12.1 Å². The van der Waals surface area contributed by atoms with Crippen molar-refractivity contribution >= 4 is 38.9 Å². The summed E-state index contributed by atoms with van der Waals surface area (Å²) in [7, 11) is -3.63. The first kappa shape index (κ1) is 20.5. The van der Waals surface area contributed by atoms with Crippen LogP contribution in [0.25, 0.3) is 0 Å². The van der Waals surface area contributed by atoms with Gasteiger partial charge in [0.05, 0.1) is 18.0 Å². The fourth-order valence-electron chi connectivity index (χ4n) is 3.15. The van der Waals surface area contributed by atoms with Gasteiger partial charge in [0.15, 0.2) is 0 Å². The molecule has 150 valence electrons. The number of hydrogen-bond donors (Lipinski definition) is 1. The number of nitrogens with one attached hydrogen (secondary N) is 1. The highest BCUT2D eigenvalue weighted by Crippen LogP contribution is 2.25. The topological polar surface area (TPSA) is 75.7 Å². The fourth-order valence-corrected chi connectivity index (χ4v) is 4.14. The zero-order valence-electron chi connectivity index (χ0n) is 15.6. The van der Waals surface area contributed by atoms with Gasteiger partial charge in [0.2, 0.25) is 15.9 Å². The smallest absolute Gasteiger partial charge is 0.245 e. The summed E-state index contributed by atoms with van der Waals surface area (Å²) in [5.74, 6) is 0.327. The highest BCUT2D eigenvalue weighted by atomic mass is 35.5. The molecular weight excluding hydrogens is 400 g/mol. The van der Waals surface area contributed by atoms with Crippen LogP contribution >= 0.6 is 11.6 Å². The van der Waals surface area contributed by atoms with E-state index in [4.69, 9.17) is 16.3 Å². The zero-order valence-corrected chi connectivity index (χ0v) is 17.2. The molecule has 3 rings (SSSR count). The van der Waals surface area contributed by atoms with Crippen molar-refractivity contribution in [1.29, 1.82) is 0 Å². The van der Waals surface area contributed by atoms with Crippen molar-refractivity contribution in [2.24, 2.45) is 0 Å². The maximum absolute atomic E-state index is 12.4. The van der Waals surface area contributed by atoms with Gasteiger partial charge in [-0.05, 0) is 74.2 Å². The first-order chi connectivity index (χ1) is 13.3. The Morgan fingerprint density at radius 3 is 2.29 bits per heavy atom. The molecule has 0 aromatic heterocycles. The Hall–Kier alpha value is -2.25. The summed E-state index contributed by atoms with van der Waals surface area (Å²) in [6.07, 6.45) is 5.87. The quantitative estimate of drug-likeness (QED) is 0.729. The molecule has 0 atom stereocenters. The lowest BCUT2D eigenvalue weighted by Crippen LogP contribution is -2.37. The second-order valence-electron chi connectivity index (χ2n) is 6.84. The Balaban J connectivity index is 1.63. The Kier molecular flexibility index (Phi) is 6.46. The largest absolute Gasteiger partial charge is 0.490 e. The number of halogens is 1. The molecule has 0 spiro atoms. The molecule has 8 heteroatoms. The molecule has 1 amide bonds. The second-order valence-corrected chi connectivity index (χ2v) is 9.19. The van der Waals surface area contributed by atoms with Gasteiger partial charge >= 0.3 is 0 Å². The molecule has 1 fully saturated rings. The minimum Gasteiger partial charge on any atom is -0.490 e. The summed E-state index contributed by atoms with van der Waals surface area (Å²) in [4.78, 5) is 12.4. The third-order valence-corrected chi connectivity index (χ3v) is 5.94. The number of amides is 1. The van der Waals surface area contributed by atoms with E-state index in [9.17, 15) is 13.2 Å². The number of sulfonamides is 1. The molecule has 1 N–H and O–H groups in total. The van der Waals surface area contributed by atoms with Gasteiger partial charge in [-0.25, -0.2) is 8.42 Å². The van der Waals surface area contributed by atoms with E-state index in [0.717, 1.165) is 29.2 Å².